The van der Waals surface area contributed by atoms with Crippen molar-refractivity contribution in [2.45, 2.75) is 18.9 Å². The number of nitrogens with zero attached hydrogens (tertiary/aromatic N) is 1. The van der Waals surface area contributed by atoms with Crippen LogP contribution in [0.3, 0.4) is 0 Å². The van der Waals surface area contributed by atoms with Gasteiger partial charge in [0.1, 0.15) is 5.54 Å². The van der Waals surface area contributed by atoms with Gasteiger partial charge >= 0.3 is 5.97 Å². The number of anilines is 1. The molecule has 0 bridgehead atoms. The van der Waals surface area contributed by atoms with Crippen molar-refractivity contribution < 1.29 is 14.7 Å². The molecule has 1 aromatic carbocycles. The fraction of sp³-hybridized carbons (Fsp3) is 0.333. The number of carbonyl (C=O) groups excluding carboxylic acids is 1. The van der Waals surface area contributed by atoms with Gasteiger partial charge in [-0.3, -0.25) is 9.59 Å². The Bertz CT molecular complexity index is 532. The quantitative estimate of drug-likeness (QED) is 0.797. The van der Waals surface area contributed by atoms with Gasteiger partial charge in [0, 0.05) is 13.3 Å². The molecule has 0 saturated heterocycles. The minimum atomic E-state index is -1.47. The number of carbonyl (C=O) groups is 2. The lowest BCUT2D eigenvalue weighted by Crippen LogP contribution is -2.61. The van der Waals surface area contributed by atoms with Crippen molar-refractivity contribution in [1.29, 1.82) is 0 Å². The third kappa shape index (κ3) is 1.95. The number of benzene rings is 1. The van der Waals surface area contributed by atoms with E-state index in [-0.39, 0.29) is 18.9 Å². The number of rotatable bonds is 1. The number of fused-ring (bicyclic) bond motifs is 1. The monoisotopic (exact) mass is 268 g/mol. The molecule has 1 aromatic rings. The lowest BCUT2D eigenvalue weighted by Gasteiger charge is -2.38. The molecule has 18 heavy (non-hydrogen) atoms. The van der Waals surface area contributed by atoms with E-state index in [9.17, 15) is 14.7 Å². The maximum atomic E-state index is 11.6. The van der Waals surface area contributed by atoms with E-state index in [2.05, 4.69) is 0 Å². The van der Waals surface area contributed by atoms with Crippen LogP contribution in [0.1, 0.15) is 12.5 Å². The highest BCUT2D eigenvalue weighted by Crippen LogP contribution is 2.36. The molecule has 1 heterocycles. The molecule has 1 aliphatic heterocycles. The second-order valence-corrected chi connectivity index (χ2v) is 4.90. The summed E-state index contributed by atoms with van der Waals surface area (Å²) in [6, 6.07) is 5.12. The normalized spacial score (nSPS) is 22.5. The molecule has 96 valence electrons. The summed E-state index contributed by atoms with van der Waals surface area (Å²) in [5, 5.41) is 9.62. The third-order valence-electron chi connectivity index (χ3n) is 3.09. The zero-order valence-electron chi connectivity index (χ0n) is 9.81. The summed E-state index contributed by atoms with van der Waals surface area (Å²) < 4.78 is 0. The van der Waals surface area contributed by atoms with Gasteiger partial charge in [-0.1, -0.05) is 23.7 Å². The van der Waals surface area contributed by atoms with E-state index in [1.807, 2.05) is 0 Å². The van der Waals surface area contributed by atoms with Crippen LogP contribution in [-0.2, 0) is 16.0 Å². The Labute approximate surface area is 109 Å². The molecule has 2 rings (SSSR count). The van der Waals surface area contributed by atoms with Crippen LogP contribution in [0.15, 0.2) is 18.2 Å². The summed E-state index contributed by atoms with van der Waals surface area (Å²) >= 11 is 6.07. The molecule has 3 N–H and O–H groups in total. The highest BCUT2D eigenvalue weighted by atomic mass is 35.5. The first-order valence-electron chi connectivity index (χ1n) is 5.43. The van der Waals surface area contributed by atoms with Crippen molar-refractivity contribution >= 4 is 29.2 Å². The Morgan fingerprint density at radius 2 is 2.17 bits per heavy atom. The molecular weight excluding hydrogens is 256 g/mol. The molecule has 1 aliphatic rings. The largest absolute Gasteiger partial charge is 0.480 e. The Hall–Kier alpha value is -1.59. The minimum absolute atomic E-state index is 0.0750. The first-order chi connectivity index (χ1) is 8.35. The average molecular weight is 269 g/mol. The number of halogens is 1. The van der Waals surface area contributed by atoms with Crippen LogP contribution >= 0.6 is 11.6 Å². The minimum Gasteiger partial charge on any atom is -0.480 e. The maximum absolute atomic E-state index is 11.6. The van der Waals surface area contributed by atoms with Crippen LogP contribution in [0.4, 0.5) is 5.69 Å². The zero-order valence-corrected chi connectivity index (χ0v) is 10.6. The van der Waals surface area contributed by atoms with Gasteiger partial charge in [-0.15, -0.1) is 0 Å². The second kappa shape index (κ2) is 4.26. The maximum Gasteiger partial charge on any atom is 0.325 e. The van der Waals surface area contributed by atoms with Crippen molar-refractivity contribution in [2.24, 2.45) is 5.73 Å². The van der Waals surface area contributed by atoms with Gasteiger partial charge < -0.3 is 15.7 Å². The Morgan fingerprint density at radius 3 is 2.72 bits per heavy atom. The van der Waals surface area contributed by atoms with E-state index in [0.29, 0.717) is 16.3 Å². The summed E-state index contributed by atoms with van der Waals surface area (Å²) in [7, 11) is 0. The van der Waals surface area contributed by atoms with E-state index < -0.39 is 11.5 Å². The van der Waals surface area contributed by atoms with E-state index in [1.54, 1.807) is 18.2 Å². The Balaban J connectivity index is 2.57. The molecule has 1 amide bonds. The van der Waals surface area contributed by atoms with Crippen LogP contribution in [0, 0.1) is 0 Å². The topological polar surface area (TPSA) is 83.6 Å². The molecule has 0 saturated carbocycles. The fourth-order valence-corrected chi connectivity index (χ4v) is 2.47. The number of nitrogens with two attached hydrogens (primary N) is 1. The molecule has 5 nitrogen and oxygen atoms in total. The van der Waals surface area contributed by atoms with Gasteiger partial charge in [-0.05, 0) is 11.6 Å². The summed E-state index contributed by atoms with van der Waals surface area (Å²) in [6.45, 7) is 1.29. The second-order valence-electron chi connectivity index (χ2n) is 4.49. The van der Waals surface area contributed by atoms with E-state index in [1.165, 1.54) is 11.8 Å². The Morgan fingerprint density at radius 1 is 1.50 bits per heavy atom. The zero-order chi connectivity index (χ0) is 13.5. The number of hydrogen-bond donors (Lipinski definition) is 2. The van der Waals surface area contributed by atoms with E-state index in [4.69, 9.17) is 17.3 Å². The highest BCUT2D eigenvalue weighted by molar-refractivity contribution is 6.34. The van der Waals surface area contributed by atoms with Gasteiger partial charge in [0.25, 0.3) is 0 Å². The molecule has 6 heteroatoms. The summed E-state index contributed by atoms with van der Waals surface area (Å²) in [5.41, 5.74) is 5.63. The molecule has 0 radical (unpaired) electrons. The van der Waals surface area contributed by atoms with Crippen molar-refractivity contribution in [3.63, 3.8) is 0 Å². The van der Waals surface area contributed by atoms with Gasteiger partial charge in [-0.25, -0.2) is 0 Å². The van der Waals surface area contributed by atoms with Crippen LogP contribution in [0.25, 0.3) is 0 Å². The molecule has 1 unspecified atom stereocenters. The smallest absolute Gasteiger partial charge is 0.325 e. The highest BCUT2D eigenvalue weighted by Gasteiger charge is 2.42. The number of carboxylic acids is 1. The van der Waals surface area contributed by atoms with E-state index >= 15 is 0 Å². The number of amides is 1. The lowest BCUT2D eigenvalue weighted by molar-refractivity contribution is -0.143. The lowest BCUT2D eigenvalue weighted by atomic mass is 9.86. The van der Waals surface area contributed by atoms with Crippen LogP contribution in [0.2, 0.25) is 5.02 Å². The van der Waals surface area contributed by atoms with Crippen LogP contribution in [-0.4, -0.2) is 29.1 Å². The van der Waals surface area contributed by atoms with Crippen molar-refractivity contribution in [1.82, 2.24) is 0 Å². The first kappa shape index (κ1) is 12.9. The standard InChI is InChI=1S/C12H13ClN2O3/c1-7(16)15-6-12(14,11(17)18)5-8-3-2-4-9(13)10(8)15/h2-4H,5-6,14H2,1H3,(H,17,18). The summed E-state index contributed by atoms with van der Waals surface area (Å²) in [5.74, 6) is -1.40. The molecule has 0 spiro atoms. The van der Waals surface area contributed by atoms with Crippen molar-refractivity contribution in [3.8, 4) is 0 Å². The Kier molecular flexibility index (Phi) is 3.04. The van der Waals surface area contributed by atoms with Crippen LogP contribution in [0.5, 0.6) is 0 Å². The van der Waals surface area contributed by atoms with Gasteiger partial charge in [0.05, 0.1) is 17.3 Å². The SMILES string of the molecule is CC(=O)N1CC(N)(C(=O)O)Cc2cccc(Cl)c21. The molecule has 1 atom stereocenters. The average Bonchev–Trinajstić information content (AvgIpc) is 2.27. The first-order valence-corrected chi connectivity index (χ1v) is 5.81. The summed E-state index contributed by atoms with van der Waals surface area (Å²) in [4.78, 5) is 24.2. The third-order valence-corrected chi connectivity index (χ3v) is 3.40. The van der Waals surface area contributed by atoms with Gasteiger partial charge in [0.2, 0.25) is 5.91 Å². The number of hydrogen-bond acceptors (Lipinski definition) is 3. The molecular formula is C12H13ClN2O3. The number of carboxylic acid groups (broad SMARTS) is 1. The van der Waals surface area contributed by atoms with Crippen molar-refractivity contribution in [3.05, 3.63) is 28.8 Å². The predicted molar refractivity (Wildman–Crippen MR) is 67.7 cm³/mol. The fourth-order valence-electron chi connectivity index (χ4n) is 2.17. The molecule has 0 aliphatic carbocycles. The van der Waals surface area contributed by atoms with Crippen LogP contribution < -0.4 is 10.6 Å². The molecule has 0 fully saturated rings. The van der Waals surface area contributed by atoms with Crippen molar-refractivity contribution in [2.75, 3.05) is 11.4 Å². The number of para-hydroxylation sites is 1. The number of aliphatic carboxylic acids is 1. The van der Waals surface area contributed by atoms with E-state index in [0.717, 1.165) is 0 Å². The van der Waals surface area contributed by atoms with Gasteiger partial charge in [0.15, 0.2) is 0 Å². The van der Waals surface area contributed by atoms with Gasteiger partial charge in [-0.2, -0.15) is 0 Å². The molecule has 0 aromatic heterocycles. The summed E-state index contributed by atoms with van der Waals surface area (Å²) in [6.07, 6.45) is 0.155. The predicted octanol–water partition coefficient (Wildman–Crippen LogP) is 1.03.